The molecule has 1 heterocycles. The normalized spacial score (nSPS) is 19.7. The second-order valence-electron chi connectivity index (χ2n) is 5.05. The van der Waals surface area contributed by atoms with E-state index < -0.39 is 0 Å². The van der Waals surface area contributed by atoms with E-state index in [2.05, 4.69) is 28.1 Å². The van der Waals surface area contributed by atoms with Crippen LogP contribution in [0.2, 0.25) is 0 Å². The van der Waals surface area contributed by atoms with Gasteiger partial charge in [0.25, 0.3) is 0 Å². The lowest BCUT2D eigenvalue weighted by atomic mass is 10.1. The third-order valence-electron chi connectivity index (χ3n) is 3.94. The molecular formula is C14H16BrNO. The van der Waals surface area contributed by atoms with Crippen molar-refractivity contribution in [3.05, 3.63) is 33.8 Å². The first-order chi connectivity index (χ1) is 8.25. The predicted octanol–water partition coefficient (Wildman–Crippen LogP) is 3.48. The Morgan fingerprint density at radius 2 is 2.00 bits per heavy atom. The molecular weight excluding hydrogens is 278 g/mol. The van der Waals surface area contributed by atoms with E-state index in [9.17, 15) is 4.79 Å². The lowest BCUT2D eigenvalue weighted by molar-refractivity contribution is -0.135. The van der Waals surface area contributed by atoms with E-state index in [0.717, 1.165) is 30.4 Å². The van der Waals surface area contributed by atoms with Crippen LogP contribution in [0.1, 0.15) is 36.8 Å². The van der Waals surface area contributed by atoms with E-state index >= 15 is 0 Å². The number of hydrogen-bond acceptors (Lipinski definition) is 1. The average Bonchev–Trinajstić information content (AvgIpc) is 2.98. The molecule has 0 N–H and O–H groups in total. The van der Waals surface area contributed by atoms with Gasteiger partial charge in [-0.25, -0.2) is 0 Å². The first kappa shape index (κ1) is 11.3. The Bertz CT molecular complexity index is 452. The molecule has 0 saturated heterocycles. The van der Waals surface area contributed by atoms with Gasteiger partial charge in [0.05, 0.1) is 0 Å². The molecule has 1 saturated carbocycles. The minimum atomic E-state index is 0.295. The van der Waals surface area contributed by atoms with Crippen molar-refractivity contribution in [1.82, 2.24) is 4.90 Å². The van der Waals surface area contributed by atoms with E-state index in [1.165, 1.54) is 24.0 Å². The lowest BCUT2D eigenvalue weighted by Gasteiger charge is -2.19. The number of fused-ring (bicyclic) bond motifs is 1. The zero-order valence-corrected chi connectivity index (χ0v) is 11.4. The van der Waals surface area contributed by atoms with Crippen LogP contribution in [0.25, 0.3) is 0 Å². The molecule has 2 nitrogen and oxygen atoms in total. The number of hydrogen-bond donors (Lipinski definition) is 0. The number of carbonyl (C=O) groups excluding carboxylic acids is 1. The molecule has 1 aromatic carbocycles. The fourth-order valence-electron chi connectivity index (χ4n) is 2.97. The fourth-order valence-corrected chi connectivity index (χ4v) is 3.50. The number of rotatable bonds is 1. The second kappa shape index (κ2) is 4.45. The number of benzene rings is 1. The first-order valence-corrected chi connectivity index (χ1v) is 7.10. The van der Waals surface area contributed by atoms with Gasteiger partial charge in [0.2, 0.25) is 5.91 Å². The van der Waals surface area contributed by atoms with E-state index in [1.807, 2.05) is 11.0 Å². The summed E-state index contributed by atoms with van der Waals surface area (Å²) in [6.45, 7) is 1.58. The van der Waals surface area contributed by atoms with Crippen LogP contribution in [-0.2, 0) is 17.9 Å². The minimum absolute atomic E-state index is 0.295. The van der Waals surface area contributed by atoms with E-state index in [0.29, 0.717) is 11.8 Å². The lowest BCUT2D eigenvalue weighted by Crippen LogP contribution is -2.30. The van der Waals surface area contributed by atoms with E-state index in [-0.39, 0.29) is 0 Å². The predicted molar refractivity (Wildman–Crippen MR) is 70.4 cm³/mol. The summed E-state index contributed by atoms with van der Waals surface area (Å²) in [7, 11) is 0. The summed E-state index contributed by atoms with van der Waals surface area (Å²) in [5.41, 5.74) is 2.59. The molecule has 0 atom stereocenters. The van der Waals surface area contributed by atoms with Crippen molar-refractivity contribution < 1.29 is 4.79 Å². The minimum Gasteiger partial charge on any atom is -0.334 e. The van der Waals surface area contributed by atoms with Crippen LogP contribution in [0.15, 0.2) is 22.7 Å². The molecule has 1 aliphatic carbocycles. The zero-order chi connectivity index (χ0) is 11.8. The summed E-state index contributed by atoms with van der Waals surface area (Å²) in [4.78, 5) is 14.4. The Morgan fingerprint density at radius 3 is 2.71 bits per heavy atom. The third-order valence-corrected chi connectivity index (χ3v) is 4.69. The number of nitrogens with zero attached hydrogens (tertiary/aromatic N) is 1. The van der Waals surface area contributed by atoms with Crippen LogP contribution in [0.4, 0.5) is 0 Å². The number of halogens is 1. The van der Waals surface area contributed by atoms with Crippen LogP contribution in [0, 0.1) is 5.92 Å². The van der Waals surface area contributed by atoms with Crippen molar-refractivity contribution in [3.8, 4) is 0 Å². The molecule has 0 bridgehead atoms. The summed E-state index contributed by atoms with van der Waals surface area (Å²) in [5, 5.41) is 0. The molecule has 0 unspecified atom stereocenters. The van der Waals surface area contributed by atoms with Crippen molar-refractivity contribution in [3.63, 3.8) is 0 Å². The topological polar surface area (TPSA) is 20.3 Å². The Labute approximate surface area is 110 Å². The summed E-state index contributed by atoms with van der Waals surface area (Å²) in [5.74, 6) is 0.661. The highest BCUT2D eigenvalue weighted by molar-refractivity contribution is 9.10. The third kappa shape index (κ3) is 2.01. The molecule has 1 aliphatic heterocycles. The highest BCUT2D eigenvalue weighted by Gasteiger charge is 2.31. The van der Waals surface area contributed by atoms with Gasteiger partial charge in [-0.1, -0.05) is 40.9 Å². The van der Waals surface area contributed by atoms with Crippen molar-refractivity contribution in [2.75, 3.05) is 0 Å². The molecule has 1 aromatic rings. The van der Waals surface area contributed by atoms with Crippen molar-refractivity contribution in [2.24, 2.45) is 5.92 Å². The Kier molecular flexibility index (Phi) is 2.95. The van der Waals surface area contributed by atoms with Crippen molar-refractivity contribution in [1.29, 1.82) is 0 Å². The van der Waals surface area contributed by atoms with Gasteiger partial charge >= 0.3 is 0 Å². The summed E-state index contributed by atoms with van der Waals surface area (Å²) >= 11 is 3.57. The van der Waals surface area contributed by atoms with Crippen molar-refractivity contribution in [2.45, 2.75) is 38.8 Å². The van der Waals surface area contributed by atoms with Gasteiger partial charge in [-0.2, -0.15) is 0 Å². The molecule has 2 aliphatic rings. The van der Waals surface area contributed by atoms with Gasteiger partial charge in [0, 0.05) is 23.5 Å². The largest absolute Gasteiger partial charge is 0.334 e. The summed E-state index contributed by atoms with van der Waals surface area (Å²) < 4.78 is 1.14. The van der Waals surface area contributed by atoms with Crippen LogP contribution in [-0.4, -0.2) is 10.8 Å². The highest BCUT2D eigenvalue weighted by Crippen LogP contribution is 2.33. The molecule has 3 heteroatoms. The summed E-state index contributed by atoms with van der Waals surface area (Å²) in [6.07, 6.45) is 4.63. The molecule has 17 heavy (non-hydrogen) atoms. The van der Waals surface area contributed by atoms with Gasteiger partial charge in [-0.05, 0) is 30.0 Å². The molecule has 0 radical (unpaired) electrons. The van der Waals surface area contributed by atoms with Crippen molar-refractivity contribution >= 4 is 21.8 Å². The van der Waals surface area contributed by atoms with Crippen LogP contribution >= 0.6 is 15.9 Å². The SMILES string of the molecule is O=C(C1CCCC1)N1Cc2cccc(Br)c2C1. The molecule has 0 aromatic heterocycles. The molecule has 1 amide bonds. The van der Waals surface area contributed by atoms with Crippen LogP contribution in [0.5, 0.6) is 0 Å². The van der Waals surface area contributed by atoms with Crippen LogP contribution < -0.4 is 0 Å². The first-order valence-electron chi connectivity index (χ1n) is 6.31. The second-order valence-corrected chi connectivity index (χ2v) is 5.91. The monoisotopic (exact) mass is 293 g/mol. The maximum Gasteiger partial charge on any atom is 0.226 e. The maximum atomic E-state index is 12.3. The van der Waals surface area contributed by atoms with Gasteiger partial charge in [-0.15, -0.1) is 0 Å². The average molecular weight is 294 g/mol. The maximum absolute atomic E-state index is 12.3. The Morgan fingerprint density at radius 1 is 1.24 bits per heavy atom. The number of carbonyl (C=O) groups is 1. The van der Waals surface area contributed by atoms with Gasteiger partial charge < -0.3 is 4.90 Å². The smallest absolute Gasteiger partial charge is 0.226 e. The molecule has 1 fully saturated rings. The summed E-state index contributed by atoms with van der Waals surface area (Å²) in [6, 6.07) is 6.23. The Balaban J connectivity index is 1.77. The van der Waals surface area contributed by atoms with Gasteiger partial charge in [0.15, 0.2) is 0 Å². The van der Waals surface area contributed by atoms with Gasteiger partial charge in [0.1, 0.15) is 0 Å². The van der Waals surface area contributed by atoms with Crippen LogP contribution in [0.3, 0.4) is 0 Å². The zero-order valence-electron chi connectivity index (χ0n) is 9.79. The molecule has 90 valence electrons. The molecule has 0 spiro atoms. The quantitative estimate of drug-likeness (QED) is 0.776. The highest BCUT2D eigenvalue weighted by atomic mass is 79.9. The molecule has 3 rings (SSSR count). The van der Waals surface area contributed by atoms with Gasteiger partial charge in [-0.3, -0.25) is 4.79 Å². The fraction of sp³-hybridized carbons (Fsp3) is 0.500. The van der Waals surface area contributed by atoms with E-state index in [1.54, 1.807) is 0 Å². The number of amides is 1. The Hall–Kier alpha value is -0.830. The standard InChI is InChI=1S/C14H16BrNO/c15-13-7-3-6-11-8-16(9-12(11)13)14(17)10-4-1-2-5-10/h3,6-7,10H,1-2,4-5,8-9H2. The van der Waals surface area contributed by atoms with E-state index in [4.69, 9.17) is 0 Å².